The summed E-state index contributed by atoms with van der Waals surface area (Å²) in [6, 6.07) is 3.19. The van der Waals surface area contributed by atoms with Gasteiger partial charge in [0.25, 0.3) is 5.91 Å². The zero-order chi connectivity index (χ0) is 27.2. The maximum atomic E-state index is 14.0. The third-order valence-corrected chi connectivity index (χ3v) is 4.69. The first-order valence-corrected chi connectivity index (χ1v) is 10.8. The van der Waals surface area contributed by atoms with Gasteiger partial charge in [-0.05, 0) is 12.1 Å². The van der Waals surface area contributed by atoms with Gasteiger partial charge < -0.3 is 5.32 Å². The molecule has 37 heavy (non-hydrogen) atoms. The van der Waals surface area contributed by atoms with Crippen LogP contribution in [-0.2, 0) is 6.18 Å². The molecule has 11 nitrogen and oxygen atoms in total. The van der Waals surface area contributed by atoms with E-state index in [1.165, 1.54) is 58.8 Å². The Kier molecular flexibility index (Phi) is 7.98. The first-order chi connectivity index (χ1) is 17.7. The number of amides is 1. The number of anilines is 2. The van der Waals surface area contributed by atoms with Crippen molar-refractivity contribution in [2.45, 2.75) is 20.0 Å². The van der Waals surface area contributed by atoms with Gasteiger partial charge in [-0.3, -0.25) is 14.2 Å². The quantitative estimate of drug-likeness (QED) is 0.306. The molecular weight excluding hydrogens is 489 g/mol. The van der Waals surface area contributed by atoms with Crippen LogP contribution >= 0.6 is 0 Å². The van der Waals surface area contributed by atoms with E-state index in [0.717, 1.165) is 6.20 Å². The van der Waals surface area contributed by atoms with E-state index in [4.69, 9.17) is 0 Å². The molecular formula is C23H21F3N10O. The Morgan fingerprint density at radius 1 is 1.24 bits per heavy atom. The number of imidazole rings is 1. The number of halogens is 3. The van der Waals surface area contributed by atoms with Crippen LogP contribution in [0.25, 0.3) is 11.5 Å². The van der Waals surface area contributed by atoms with Gasteiger partial charge in [0.2, 0.25) is 0 Å². The van der Waals surface area contributed by atoms with Crippen LogP contribution in [0.1, 0.15) is 35.5 Å². The average molecular weight is 510 g/mol. The van der Waals surface area contributed by atoms with E-state index in [-0.39, 0.29) is 22.9 Å². The maximum absolute atomic E-state index is 14.0. The molecule has 0 unspecified atom stereocenters. The second-order valence-corrected chi connectivity index (χ2v) is 6.92. The first-order valence-electron chi connectivity index (χ1n) is 10.8. The number of nitrogens with zero attached hydrogens (tertiary/aromatic N) is 9. The molecule has 1 N–H and O–H groups in total. The summed E-state index contributed by atoms with van der Waals surface area (Å²) >= 11 is 0. The number of hydrogen-bond acceptors (Lipinski definition) is 8. The van der Waals surface area contributed by atoms with Gasteiger partial charge in [0.15, 0.2) is 23.0 Å². The van der Waals surface area contributed by atoms with Gasteiger partial charge in [0.05, 0.1) is 41.6 Å². The number of alkyl halides is 3. The van der Waals surface area contributed by atoms with Crippen LogP contribution in [0.4, 0.5) is 24.7 Å². The highest BCUT2D eigenvalue weighted by Gasteiger charge is 2.41. The van der Waals surface area contributed by atoms with Crippen LogP contribution in [0.15, 0.2) is 61.0 Å². The van der Waals surface area contributed by atoms with Gasteiger partial charge in [-0.2, -0.15) is 28.6 Å². The zero-order valence-corrected chi connectivity index (χ0v) is 20.0. The molecule has 1 amide bonds. The Morgan fingerprint density at radius 2 is 2.00 bits per heavy atom. The number of carbonyl (C=O) groups is 1. The van der Waals surface area contributed by atoms with Crippen molar-refractivity contribution >= 4 is 29.3 Å². The minimum atomic E-state index is -4.93. The molecule has 4 heterocycles. The summed E-state index contributed by atoms with van der Waals surface area (Å²) < 4.78 is 44.1. The SMILES string of the molecule is C=C/C=N\N(C)c1ncc(NC(=O)c2cnn(-c3cncc4nccn34)c2C(F)(F)F)cc1C#N.CC. The number of nitriles is 1. The summed E-state index contributed by atoms with van der Waals surface area (Å²) in [7, 11) is 1.54. The maximum Gasteiger partial charge on any atom is 0.434 e. The smallest absolute Gasteiger partial charge is 0.320 e. The van der Waals surface area contributed by atoms with Crippen molar-refractivity contribution in [2.75, 3.05) is 17.4 Å². The monoisotopic (exact) mass is 510 g/mol. The lowest BCUT2D eigenvalue weighted by Gasteiger charge is -2.15. The number of allylic oxidation sites excluding steroid dienone is 1. The predicted molar refractivity (Wildman–Crippen MR) is 130 cm³/mol. The van der Waals surface area contributed by atoms with Crippen molar-refractivity contribution in [3.63, 3.8) is 0 Å². The molecule has 4 rings (SSSR count). The summed E-state index contributed by atoms with van der Waals surface area (Å²) in [6.45, 7) is 7.50. The highest BCUT2D eigenvalue weighted by molar-refractivity contribution is 6.05. The van der Waals surface area contributed by atoms with Gasteiger partial charge >= 0.3 is 6.18 Å². The molecule has 0 radical (unpaired) electrons. The summed E-state index contributed by atoms with van der Waals surface area (Å²) in [6.07, 6.45) is 5.27. The van der Waals surface area contributed by atoms with Crippen molar-refractivity contribution < 1.29 is 18.0 Å². The molecule has 0 atom stereocenters. The van der Waals surface area contributed by atoms with E-state index < -0.39 is 23.3 Å². The second kappa shape index (κ2) is 11.1. The number of hydrazone groups is 1. The number of carbonyl (C=O) groups excluding carboxylic acids is 1. The van der Waals surface area contributed by atoms with Gasteiger partial charge in [-0.25, -0.2) is 19.7 Å². The lowest BCUT2D eigenvalue weighted by molar-refractivity contribution is -0.143. The van der Waals surface area contributed by atoms with Gasteiger partial charge in [0.1, 0.15) is 6.07 Å². The number of hydrogen-bond donors (Lipinski definition) is 1. The summed E-state index contributed by atoms with van der Waals surface area (Å²) in [5, 5.41) is 20.9. The highest BCUT2D eigenvalue weighted by Crippen LogP contribution is 2.34. The molecule has 0 aromatic carbocycles. The molecule has 0 aliphatic carbocycles. The van der Waals surface area contributed by atoms with Crippen LogP contribution in [0.2, 0.25) is 0 Å². The van der Waals surface area contributed by atoms with Crippen LogP contribution in [0.3, 0.4) is 0 Å². The van der Waals surface area contributed by atoms with Crippen molar-refractivity contribution in [1.29, 1.82) is 5.26 Å². The number of rotatable bonds is 6. The van der Waals surface area contributed by atoms with Crippen LogP contribution < -0.4 is 10.3 Å². The number of nitrogens with one attached hydrogen (secondary N) is 1. The fraction of sp³-hybridized carbons (Fsp3) is 0.174. The Labute approximate surface area is 209 Å². The molecule has 4 aromatic rings. The van der Waals surface area contributed by atoms with Crippen molar-refractivity contribution in [2.24, 2.45) is 5.10 Å². The summed E-state index contributed by atoms with van der Waals surface area (Å²) in [5.74, 6) is -0.980. The van der Waals surface area contributed by atoms with E-state index in [0.29, 0.717) is 10.3 Å². The van der Waals surface area contributed by atoms with E-state index in [2.05, 4.69) is 37.0 Å². The number of fused-ring (bicyclic) bond motifs is 1. The molecule has 0 bridgehead atoms. The summed E-state index contributed by atoms with van der Waals surface area (Å²) in [5.41, 5.74) is -1.69. The molecule has 0 fully saturated rings. The van der Waals surface area contributed by atoms with Crippen LogP contribution in [-0.4, -0.2) is 48.3 Å². The highest BCUT2D eigenvalue weighted by atomic mass is 19.4. The van der Waals surface area contributed by atoms with Gasteiger partial charge in [-0.15, -0.1) is 0 Å². The van der Waals surface area contributed by atoms with Crippen LogP contribution in [0, 0.1) is 11.3 Å². The molecule has 0 aliphatic heterocycles. The van der Waals surface area contributed by atoms with Gasteiger partial charge in [-0.1, -0.05) is 20.4 Å². The molecule has 190 valence electrons. The third kappa shape index (κ3) is 5.45. The molecule has 0 saturated heterocycles. The standard InChI is InChI=1S/C21H15F3N10O.C2H6/c1-3-4-29-32(2)19-13(8-25)7-14(9-28-19)31-20(35)15-10-30-34(18(15)21(22,23)24)17-12-26-11-16-27-5-6-33(16)17;1-2/h3-7,9-12H,1H2,2H3,(H,31,35);1-2H3/b29-4-;. The molecule has 0 aliphatic rings. The van der Waals surface area contributed by atoms with E-state index in [1.54, 1.807) is 7.05 Å². The van der Waals surface area contributed by atoms with Crippen molar-refractivity contribution in [3.05, 3.63) is 72.7 Å². The Bertz CT molecular complexity index is 1500. The fourth-order valence-electron chi connectivity index (χ4n) is 3.22. The van der Waals surface area contributed by atoms with E-state index >= 15 is 0 Å². The largest absolute Gasteiger partial charge is 0.434 e. The van der Waals surface area contributed by atoms with E-state index in [1.807, 2.05) is 19.9 Å². The normalized spacial score (nSPS) is 11.1. The third-order valence-electron chi connectivity index (χ3n) is 4.69. The lowest BCUT2D eigenvalue weighted by atomic mass is 10.2. The zero-order valence-electron chi connectivity index (χ0n) is 20.0. The number of pyridine rings is 1. The molecule has 4 aromatic heterocycles. The lowest BCUT2D eigenvalue weighted by Crippen LogP contribution is -2.22. The fourth-order valence-corrected chi connectivity index (χ4v) is 3.22. The van der Waals surface area contributed by atoms with Gasteiger partial charge in [0, 0.05) is 25.7 Å². The molecule has 0 spiro atoms. The topological polar surface area (TPSA) is 129 Å². The Hall–Kier alpha value is -5.06. The Balaban J connectivity index is 0.00000186. The Morgan fingerprint density at radius 3 is 2.68 bits per heavy atom. The van der Waals surface area contributed by atoms with E-state index in [9.17, 15) is 23.2 Å². The first kappa shape index (κ1) is 26.5. The predicted octanol–water partition coefficient (Wildman–Crippen LogP) is 4.09. The molecule has 14 heteroatoms. The van der Waals surface area contributed by atoms with Crippen molar-refractivity contribution in [1.82, 2.24) is 29.1 Å². The minimum absolute atomic E-state index is 0.00986. The number of aromatic nitrogens is 6. The average Bonchev–Trinajstić information content (AvgIpc) is 3.56. The second-order valence-electron chi connectivity index (χ2n) is 6.92. The summed E-state index contributed by atoms with van der Waals surface area (Å²) in [4.78, 5) is 24.8. The minimum Gasteiger partial charge on any atom is -0.320 e. The molecule has 0 saturated carbocycles. The van der Waals surface area contributed by atoms with Crippen molar-refractivity contribution in [3.8, 4) is 11.9 Å². The van der Waals surface area contributed by atoms with Crippen LogP contribution in [0.5, 0.6) is 0 Å².